The summed E-state index contributed by atoms with van der Waals surface area (Å²) in [7, 11) is 0. The van der Waals surface area contributed by atoms with Crippen LogP contribution in [0.5, 0.6) is 0 Å². The van der Waals surface area contributed by atoms with E-state index in [9.17, 15) is 0 Å². The summed E-state index contributed by atoms with van der Waals surface area (Å²) in [6.45, 7) is 18.4. The topological polar surface area (TPSA) is 12.0 Å². The van der Waals surface area contributed by atoms with Crippen molar-refractivity contribution in [2.75, 3.05) is 0 Å². The van der Waals surface area contributed by atoms with Crippen LogP contribution in [-0.4, -0.2) is 0 Å². The van der Waals surface area contributed by atoms with Crippen LogP contribution in [0.1, 0.15) is 61.3 Å². The van der Waals surface area contributed by atoms with Crippen molar-refractivity contribution in [2.45, 2.75) is 46.0 Å². The molecule has 106 valence electrons. The van der Waals surface area contributed by atoms with Gasteiger partial charge in [-0.25, -0.2) is 0 Å². The molecule has 1 aromatic carbocycles. The number of nitrogens with one attached hydrogen (secondary N) is 1. The molecule has 1 aliphatic rings. The van der Waals surface area contributed by atoms with Crippen LogP contribution in [0.4, 0.5) is 0 Å². The van der Waals surface area contributed by atoms with Crippen LogP contribution in [0, 0.1) is 6.92 Å². The van der Waals surface area contributed by atoms with E-state index in [2.05, 4.69) is 51.0 Å². The minimum Gasteiger partial charge on any atom is -0.360 e. The van der Waals surface area contributed by atoms with E-state index in [1.54, 1.807) is 0 Å². The van der Waals surface area contributed by atoms with Crippen LogP contribution in [0.3, 0.4) is 0 Å². The molecule has 0 bridgehead atoms. The highest BCUT2D eigenvalue weighted by molar-refractivity contribution is 5.74. The van der Waals surface area contributed by atoms with Gasteiger partial charge >= 0.3 is 0 Å². The summed E-state index contributed by atoms with van der Waals surface area (Å²) >= 11 is 0. The van der Waals surface area contributed by atoms with E-state index in [0.717, 1.165) is 17.0 Å². The standard InChI is InChI=1S/C19H25N/c1-12(2)17-11-18(15(6)20-13(3)4)19(10-14(17)5)16-8-7-9-16/h10-11,16,20H,1,3,6-9H2,2,4-5H3. The van der Waals surface area contributed by atoms with E-state index >= 15 is 0 Å². The molecule has 0 amide bonds. The Balaban J connectivity index is 2.49. The Hall–Kier alpha value is -1.76. The van der Waals surface area contributed by atoms with Gasteiger partial charge in [-0.3, -0.25) is 0 Å². The molecule has 1 aliphatic carbocycles. The minimum absolute atomic E-state index is 0.687. The fourth-order valence-electron chi connectivity index (χ4n) is 2.83. The first-order chi connectivity index (χ1) is 9.40. The Labute approximate surface area is 123 Å². The summed E-state index contributed by atoms with van der Waals surface area (Å²) in [6.07, 6.45) is 3.92. The zero-order valence-electron chi connectivity index (χ0n) is 13.0. The molecule has 0 atom stereocenters. The lowest BCUT2D eigenvalue weighted by Gasteiger charge is -2.30. The molecule has 1 saturated carbocycles. The molecule has 0 aliphatic heterocycles. The van der Waals surface area contributed by atoms with E-state index in [1.165, 1.54) is 41.5 Å². The van der Waals surface area contributed by atoms with Crippen molar-refractivity contribution in [2.24, 2.45) is 0 Å². The van der Waals surface area contributed by atoms with Gasteiger partial charge in [-0.1, -0.05) is 37.8 Å². The molecule has 1 heteroatoms. The minimum atomic E-state index is 0.687. The second-order valence-electron chi connectivity index (χ2n) is 6.05. The summed E-state index contributed by atoms with van der Waals surface area (Å²) in [5.74, 6) is 0.687. The van der Waals surface area contributed by atoms with Crippen LogP contribution >= 0.6 is 0 Å². The molecule has 0 radical (unpaired) electrons. The molecule has 0 unspecified atom stereocenters. The van der Waals surface area contributed by atoms with Gasteiger partial charge in [0.2, 0.25) is 0 Å². The number of hydrogen-bond donors (Lipinski definition) is 1. The maximum atomic E-state index is 4.20. The van der Waals surface area contributed by atoms with Crippen molar-refractivity contribution in [3.63, 3.8) is 0 Å². The molecule has 0 saturated heterocycles. The van der Waals surface area contributed by atoms with E-state index in [1.807, 2.05) is 6.92 Å². The summed E-state index contributed by atoms with van der Waals surface area (Å²) in [5, 5.41) is 3.27. The van der Waals surface area contributed by atoms with Gasteiger partial charge in [-0.15, -0.1) is 0 Å². The highest BCUT2D eigenvalue weighted by Gasteiger charge is 2.24. The number of rotatable bonds is 5. The van der Waals surface area contributed by atoms with Gasteiger partial charge in [0, 0.05) is 17.0 Å². The van der Waals surface area contributed by atoms with Crippen molar-refractivity contribution in [1.29, 1.82) is 0 Å². The molecule has 1 fully saturated rings. The maximum Gasteiger partial charge on any atom is 0.0385 e. The van der Waals surface area contributed by atoms with Crippen molar-refractivity contribution in [3.8, 4) is 0 Å². The average molecular weight is 267 g/mol. The Morgan fingerprint density at radius 3 is 2.20 bits per heavy atom. The normalized spacial score (nSPS) is 14.6. The Morgan fingerprint density at radius 1 is 1.10 bits per heavy atom. The van der Waals surface area contributed by atoms with E-state index in [4.69, 9.17) is 0 Å². The quantitative estimate of drug-likeness (QED) is 0.754. The second-order valence-corrected chi connectivity index (χ2v) is 6.05. The molecule has 2 rings (SSSR count). The zero-order chi connectivity index (χ0) is 14.9. The SMILES string of the molecule is C=C(C)NC(=C)c1cc(C(=C)C)c(C)cc1C1CCC1. The molecule has 20 heavy (non-hydrogen) atoms. The lowest BCUT2D eigenvalue weighted by molar-refractivity contribution is 0.419. The lowest BCUT2D eigenvalue weighted by Crippen LogP contribution is -2.15. The maximum absolute atomic E-state index is 4.20. The van der Waals surface area contributed by atoms with Crippen molar-refractivity contribution in [1.82, 2.24) is 5.32 Å². The number of benzene rings is 1. The molecule has 1 nitrogen and oxygen atoms in total. The average Bonchev–Trinajstić information content (AvgIpc) is 2.24. The summed E-state index contributed by atoms with van der Waals surface area (Å²) in [6, 6.07) is 4.57. The van der Waals surface area contributed by atoms with Gasteiger partial charge in [0.1, 0.15) is 0 Å². The highest BCUT2D eigenvalue weighted by atomic mass is 14.9. The fraction of sp³-hybridized carbons (Fsp3) is 0.368. The summed E-state index contributed by atoms with van der Waals surface area (Å²) < 4.78 is 0. The highest BCUT2D eigenvalue weighted by Crippen LogP contribution is 2.41. The molecule has 1 N–H and O–H groups in total. The van der Waals surface area contributed by atoms with E-state index < -0.39 is 0 Å². The third kappa shape index (κ3) is 2.87. The third-order valence-corrected chi connectivity index (χ3v) is 4.09. The monoisotopic (exact) mass is 267 g/mol. The van der Waals surface area contributed by atoms with Crippen LogP contribution in [0.2, 0.25) is 0 Å². The van der Waals surface area contributed by atoms with Crippen LogP contribution in [0.25, 0.3) is 11.3 Å². The first-order valence-corrected chi connectivity index (χ1v) is 7.32. The molecule has 0 heterocycles. The molecular weight excluding hydrogens is 242 g/mol. The van der Waals surface area contributed by atoms with Crippen molar-refractivity contribution >= 4 is 11.3 Å². The number of allylic oxidation sites excluding steroid dienone is 2. The van der Waals surface area contributed by atoms with Crippen LogP contribution < -0.4 is 5.32 Å². The first kappa shape index (κ1) is 14.6. The van der Waals surface area contributed by atoms with Crippen molar-refractivity contribution < 1.29 is 0 Å². The Kier molecular flexibility index (Phi) is 4.17. The van der Waals surface area contributed by atoms with Gasteiger partial charge in [0.15, 0.2) is 0 Å². The van der Waals surface area contributed by atoms with Crippen LogP contribution in [0.15, 0.2) is 37.6 Å². The van der Waals surface area contributed by atoms with Gasteiger partial charge in [0.05, 0.1) is 0 Å². The van der Waals surface area contributed by atoms with E-state index in [-0.39, 0.29) is 0 Å². The lowest BCUT2D eigenvalue weighted by atomic mass is 9.76. The molecule has 1 aromatic rings. The van der Waals surface area contributed by atoms with Gasteiger partial charge in [-0.2, -0.15) is 0 Å². The second kappa shape index (κ2) is 5.70. The van der Waals surface area contributed by atoms with Gasteiger partial charge in [-0.05, 0) is 62.3 Å². The third-order valence-electron chi connectivity index (χ3n) is 4.09. The predicted molar refractivity (Wildman–Crippen MR) is 89.5 cm³/mol. The predicted octanol–water partition coefficient (Wildman–Crippen LogP) is 5.39. The number of aryl methyl sites for hydroxylation is 1. The Bertz CT molecular complexity index is 574. The number of hydrogen-bond acceptors (Lipinski definition) is 1. The molecule has 0 aromatic heterocycles. The van der Waals surface area contributed by atoms with Crippen LogP contribution in [-0.2, 0) is 0 Å². The van der Waals surface area contributed by atoms with Crippen molar-refractivity contribution in [3.05, 3.63) is 59.8 Å². The Morgan fingerprint density at radius 2 is 1.75 bits per heavy atom. The smallest absolute Gasteiger partial charge is 0.0385 e. The van der Waals surface area contributed by atoms with Gasteiger partial charge < -0.3 is 5.32 Å². The largest absolute Gasteiger partial charge is 0.360 e. The molecular formula is C19H25N. The van der Waals surface area contributed by atoms with E-state index in [0.29, 0.717) is 5.92 Å². The first-order valence-electron chi connectivity index (χ1n) is 7.32. The summed E-state index contributed by atoms with van der Waals surface area (Å²) in [5.41, 5.74) is 8.17. The summed E-state index contributed by atoms with van der Waals surface area (Å²) in [4.78, 5) is 0. The fourth-order valence-corrected chi connectivity index (χ4v) is 2.83. The van der Waals surface area contributed by atoms with Gasteiger partial charge in [0.25, 0.3) is 0 Å². The molecule has 0 spiro atoms. The zero-order valence-corrected chi connectivity index (χ0v) is 13.0.